The molecule has 0 aliphatic carbocycles. The van der Waals surface area contributed by atoms with Gasteiger partial charge in [-0.1, -0.05) is 43.6 Å². The lowest BCUT2D eigenvalue weighted by molar-refractivity contribution is 0.305. The molecule has 0 heterocycles. The van der Waals surface area contributed by atoms with Crippen LogP contribution in [0, 0.1) is 5.82 Å². The van der Waals surface area contributed by atoms with Crippen LogP contribution in [0.3, 0.4) is 0 Å². The van der Waals surface area contributed by atoms with Crippen LogP contribution >= 0.6 is 11.6 Å². The van der Waals surface area contributed by atoms with Crippen LogP contribution in [0.15, 0.2) is 42.5 Å². The maximum Gasteiger partial charge on any atom is 0.142 e. The maximum absolute atomic E-state index is 13.3. The van der Waals surface area contributed by atoms with Crippen molar-refractivity contribution in [2.75, 3.05) is 0 Å². The van der Waals surface area contributed by atoms with Crippen LogP contribution in [0.2, 0.25) is 5.02 Å². The predicted molar refractivity (Wildman–Crippen MR) is 76.3 cm³/mol. The van der Waals surface area contributed by atoms with Gasteiger partial charge in [0, 0.05) is 0 Å². The first-order valence-electron chi connectivity index (χ1n) is 6.23. The Bertz CT molecular complexity index is 549. The number of rotatable bonds is 4. The average molecular weight is 279 g/mol. The Balaban J connectivity index is 2.00. The molecule has 2 aromatic carbocycles. The van der Waals surface area contributed by atoms with Crippen molar-refractivity contribution in [3.05, 3.63) is 64.4 Å². The minimum atomic E-state index is -0.419. The van der Waals surface area contributed by atoms with Crippen molar-refractivity contribution in [1.82, 2.24) is 0 Å². The summed E-state index contributed by atoms with van der Waals surface area (Å²) in [4.78, 5) is 0. The maximum atomic E-state index is 13.3. The molecule has 0 atom stereocenters. The Morgan fingerprint density at radius 1 is 1.11 bits per heavy atom. The Hall–Kier alpha value is -1.54. The highest BCUT2D eigenvalue weighted by Gasteiger charge is 2.03. The van der Waals surface area contributed by atoms with Gasteiger partial charge in [0.2, 0.25) is 0 Å². The minimum Gasteiger partial charge on any atom is -0.489 e. The molecular weight excluding hydrogens is 263 g/mol. The Morgan fingerprint density at radius 2 is 1.79 bits per heavy atom. The lowest BCUT2D eigenvalue weighted by Crippen LogP contribution is -1.96. The molecule has 2 aromatic rings. The van der Waals surface area contributed by atoms with Gasteiger partial charge in [-0.05, 0) is 41.3 Å². The molecule has 0 spiro atoms. The summed E-state index contributed by atoms with van der Waals surface area (Å²) in [5.41, 5.74) is 2.03. The fourth-order valence-electron chi connectivity index (χ4n) is 1.75. The number of ether oxygens (including phenoxy) is 1. The third kappa shape index (κ3) is 3.71. The topological polar surface area (TPSA) is 9.23 Å². The van der Waals surface area contributed by atoms with Gasteiger partial charge in [0.05, 0.1) is 5.02 Å². The molecule has 0 amide bonds. The first kappa shape index (κ1) is 13.9. The molecule has 0 aliphatic heterocycles. The molecule has 0 aliphatic rings. The zero-order valence-corrected chi connectivity index (χ0v) is 11.7. The van der Waals surface area contributed by atoms with E-state index in [1.807, 2.05) is 24.3 Å². The van der Waals surface area contributed by atoms with E-state index in [1.165, 1.54) is 17.7 Å². The van der Waals surface area contributed by atoms with Crippen LogP contribution in [0.25, 0.3) is 0 Å². The van der Waals surface area contributed by atoms with Crippen molar-refractivity contribution < 1.29 is 9.13 Å². The summed E-state index contributed by atoms with van der Waals surface area (Å²) in [6.45, 7) is 4.62. The summed E-state index contributed by atoms with van der Waals surface area (Å²) in [6, 6.07) is 12.6. The molecule has 0 aromatic heterocycles. The van der Waals surface area contributed by atoms with Crippen molar-refractivity contribution in [3.63, 3.8) is 0 Å². The largest absolute Gasteiger partial charge is 0.489 e. The van der Waals surface area contributed by atoms with Gasteiger partial charge >= 0.3 is 0 Å². The Morgan fingerprint density at radius 3 is 2.37 bits per heavy atom. The predicted octanol–water partition coefficient (Wildman–Crippen LogP) is 5.18. The van der Waals surface area contributed by atoms with E-state index in [-0.39, 0.29) is 5.02 Å². The summed E-state index contributed by atoms with van der Waals surface area (Å²) in [5.74, 6) is 0.858. The van der Waals surface area contributed by atoms with E-state index in [2.05, 4.69) is 13.8 Å². The first-order valence-corrected chi connectivity index (χ1v) is 6.61. The molecule has 0 saturated heterocycles. The highest BCUT2D eigenvalue weighted by Crippen LogP contribution is 2.20. The van der Waals surface area contributed by atoms with Crippen molar-refractivity contribution in [2.45, 2.75) is 26.4 Å². The molecule has 0 saturated carbocycles. The van der Waals surface area contributed by atoms with Crippen LogP contribution in [-0.4, -0.2) is 0 Å². The van der Waals surface area contributed by atoms with Gasteiger partial charge in [0.1, 0.15) is 18.2 Å². The van der Waals surface area contributed by atoms with E-state index in [0.717, 1.165) is 11.3 Å². The number of hydrogen-bond acceptors (Lipinski definition) is 1. The lowest BCUT2D eigenvalue weighted by Gasteiger charge is -2.09. The molecule has 1 nitrogen and oxygen atoms in total. The second-order valence-electron chi connectivity index (χ2n) is 4.76. The molecule has 0 fully saturated rings. The lowest BCUT2D eigenvalue weighted by atomic mass is 10.0. The van der Waals surface area contributed by atoms with Crippen molar-refractivity contribution in [2.24, 2.45) is 0 Å². The van der Waals surface area contributed by atoms with Gasteiger partial charge in [-0.3, -0.25) is 0 Å². The van der Waals surface area contributed by atoms with Gasteiger partial charge in [-0.2, -0.15) is 0 Å². The zero-order valence-electron chi connectivity index (χ0n) is 11.0. The molecule has 0 bridgehead atoms. The van der Waals surface area contributed by atoms with E-state index in [4.69, 9.17) is 16.3 Å². The SMILES string of the molecule is CC(C)c1ccc(OCc2ccc(Cl)c(F)c2)cc1. The Labute approximate surface area is 118 Å². The van der Waals surface area contributed by atoms with Crippen molar-refractivity contribution >= 4 is 11.6 Å². The third-order valence-corrected chi connectivity index (χ3v) is 3.24. The average Bonchev–Trinajstić information content (AvgIpc) is 2.40. The molecular formula is C16H16ClFO. The normalized spacial score (nSPS) is 10.8. The van der Waals surface area contributed by atoms with Crippen molar-refractivity contribution in [3.8, 4) is 5.75 Å². The van der Waals surface area contributed by atoms with Gasteiger partial charge in [0.15, 0.2) is 0 Å². The molecule has 3 heteroatoms. The third-order valence-electron chi connectivity index (χ3n) is 2.94. The summed E-state index contributed by atoms with van der Waals surface area (Å²) in [7, 11) is 0. The van der Waals surface area contributed by atoms with E-state index < -0.39 is 5.82 Å². The molecule has 0 N–H and O–H groups in total. The molecule has 2 rings (SSSR count). The Kier molecular flexibility index (Phi) is 4.43. The molecule has 0 unspecified atom stereocenters. The molecule has 100 valence electrons. The van der Waals surface area contributed by atoms with Crippen LogP contribution in [0.1, 0.15) is 30.9 Å². The summed E-state index contributed by atoms with van der Waals surface area (Å²) >= 11 is 5.63. The van der Waals surface area contributed by atoms with Crippen LogP contribution in [-0.2, 0) is 6.61 Å². The smallest absolute Gasteiger partial charge is 0.142 e. The summed E-state index contributed by atoms with van der Waals surface area (Å²) in [5, 5.41) is 0.130. The monoisotopic (exact) mass is 278 g/mol. The van der Waals surface area contributed by atoms with Gasteiger partial charge < -0.3 is 4.74 Å². The van der Waals surface area contributed by atoms with E-state index in [1.54, 1.807) is 6.07 Å². The van der Waals surface area contributed by atoms with E-state index >= 15 is 0 Å². The number of hydrogen-bond donors (Lipinski definition) is 0. The number of halogens is 2. The second-order valence-corrected chi connectivity index (χ2v) is 5.17. The van der Waals surface area contributed by atoms with Crippen LogP contribution in [0.5, 0.6) is 5.75 Å². The van der Waals surface area contributed by atoms with Crippen LogP contribution < -0.4 is 4.74 Å². The second kappa shape index (κ2) is 6.07. The highest BCUT2D eigenvalue weighted by molar-refractivity contribution is 6.30. The van der Waals surface area contributed by atoms with Gasteiger partial charge in [-0.15, -0.1) is 0 Å². The zero-order chi connectivity index (χ0) is 13.8. The summed E-state index contributed by atoms with van der Waals surface area (Å²) < 4.78 is 18.9. The molecule has 19 heavy (non-hydrogen) atoms. The van der Waals surface area contributed by atoms with E-state index in [0.29, 0.717) is 12.5 Å². The standard InChI is InChI=1S/C16H16ClFO/c1-11(2)13-4-6-14(7-5-13)19-10-12-3-8-15(17)16(18)9-12/h3-9,11H,10H2,1-2H3. The fourth-order valence-corrected chi connectivity index (χ4v) is 1.86. The van der Waals surface area contributed by atoms with Crippen LogP contribution in [0.4, 0.5) is 4.39 Å². The number of benzene rings is 2. The van der Waals surface area contributed by atoms with Gasteiger partial charge in [-0.25, -0.2) is 4.39 Å². The van der Waals surface area contributed by atoms with Gasteiger partial charge in [0.25, 0.3) is 0 Å². The highest BCUT2D eigenvalue weighted by atomic mass is 35.5. The molecule has 0 radical (unpaired) electrons. The first-order chi connectivity index (χ1) is 9.06. The minimum absolute atomic E-state index is 0.130. The summed E-state index contributed by atoms with van der Waals surface area (Å²) in [6.07, 6.45) is 0. The van der Waals surface area contributed by atoms with Crippen molar-refractivity contribution in [1.29, 1.82) is 0 Å². The fraction of sp³-hybridized carbons (Fsp3) is 0.250. The quantitative estimate of drug-likeness (QED) is 0.748. The van der Waals surface area contributed by atoms with E-state index in [9.17, 15) is 4.39 Å².